The standard InChI is InChI=1S/C20H26FN3O3S/c1-5-16-10-12-17(13-11-16)15(2)22-20(25)14-24(28(26,27)23(3)4)19-9-7-6-8-18(19)21/h6-13,15H,5,14H2,1-4H3,(H,22,25). The number of amides is 1. The minimum atomic E-state index is -4.05. The summed E-state index contributed by atoms with van der Waals surface area (Å²) in [6.45, 7) is 3.34. The average molecular weight is 408 g/mol. The SMILES string of the molecule is CCc1ccc(C(C)NC(=O)CN(c2ccccc2F)S(=O)(=O)N(C)C)cc1. The van der Waals surface area contributed by atoms with Gasteiger partial charge in [-0.15, -0.1) is 0 Å². The van der Waals surface area contributed by atoms with Crippen molar-refractivity contribution in [2.75, 3.05) is 24.9 Å². The Bertz CT molecular complexity index is 915. The molecule has 28 heavy (non-hydrogen) atoms. The molecule has 1 unspecified atom stereocenters. The van der Waals surface area contributed by atoms with Gasteiger partial charge in [-0.3, -0.25) is 4.79 Å². The molecule has 0 spiro atoms. The van der Waals surface area contributed by atoms with E-state index in [4.69, 9.17) is 0 Å². The van der Waals surface area contributed by atoms with Crippen molar-refractivity contribution in [3.63, 3.8) is 0 Å². The maximum absolute atomic E-state index is 14.2. The van der Waals surface area contributed by atoms with Crippen LogP contribution in [0.4, 0.5) is 10.1 Å². The van der Waals surface area contributed by atoms with Crippen LogP contribution in [-0.2, 0) is 21.4 Å². The molecule has 0 aliphatic carbocycles. The van der Waals surface area contributed by atoms with E-state index in [1.165, 1.54) is 37.9 Å². The van der Waals surface area contributed by atoms with Gasteiger partial charge in [0.1, 0.15) is 12.4 Å². The van der Waals surface area contributed by atoms with Gasteiger partial charge in [-0.05, 0) is 36.6 Å². The highest BCUT2D eigenvalue weighted by Gasteiger charge is 2.29. The fourth-order valence-electron chi connectivity index (χ4n) is 2.69. The third kappa shape index (κ3) is 5.08. The molecule has 1 atom stereocenters. The molecule has 8 heteroatoms. The molecule has 6 nitrogen and oxygen atoms in total. The van der Waals surface area contributed by atoms with E-state index < -0.39 is 28.5 Å². The Morgan fingerprint density at radius 3 is 2.25 bits per heavy atom. The predicted octanol–water partition coefficient (Wildman–Crippen LogP) is 2.88. The highest BCUT2D eigenvalue weighted by Crippen LogP contribution is 2.23. The van der Waals surface area contributed by atoms with E-state index in [1.54, 1.807) is 0 Å². The van der Waals surface area contributed by atoms with Crippen LogP contribution in [0.15, 0.2) is 48.5 Å². The largest absolute Gasteiger partial charge is 0.348 e. The zero-order valence-electron chi connectivity index (χ0n) is 16.5. The number of carbonyl (C=O) groups is 1. The zero-order chi connectivity index (χ0) is 20.9. The lowest BCUT2D eigenvalue weighted by molar-refractivity contribution is -0.120. The lowest BCUT2D eigenvalue weighted by atomic mass is 10.1. The number of rotatable bonds is 8. The first kappa shape index (κ1) is 21.8. The number of anilines is 1. The van der Waals surface area contributed by atoms with Crippen molar-refractivity contribution < 1.29 is 17.6 Å². The second kappa shape index (κ2) is 9.16. The molecule has 0 saturated carbocycles. The van der Waals surface area contributed by atoms with Crippen molar-refractivity contribution in [1.29, 1.82) is 0 Å². The molecule has 0 bridgehead atoms. The summed E-state index contributed by atoms with van der Waals surface area (Å²) in [5.41, 5.74) is 1.91. The average Bonchev–Trinajstić information content (AvgIpc) is 2.66. The number of hydrogen-bond donors (Lipinski definition) is 1. The van der Waals surface area contributed by atoms with E-state index in [1.807, 2.05) is 31.2 Å². The van der Waals surface area contributed by atoms with E-state index in [2.05, 4.69) is 12.2 Å². The van der Waals surface area contributed by atoms with Gasteiger partial charge < -0.3 is 5.32 Å². The molecule has 0 fully saturated rings. The first-order valence-corrected chi connectivity index (χ1v) is 10.4. The summed E-state index contributed by atoms with van der Waals surface area (Å²) >= 11 is 0. The molecule has 1 N–H and O–H groups in total. The third-order valence-electron chi connectivity index (χ3n) is 4.41. The number of nitrogens with one attached hydrogen (secondary N) is 1. The Balaban J connectivity index is 2.21. The van der Waals surface area contributed by atoms with Gasteiger partial charge in [0, 0.05) is 14.1 Å². The van der Waals surface area contributed by atoms with Crippen LogP contribution in [-0.4, -0.2) is 39.3 Å². The Labute approximate surface area is 166 Å². The van der Waals surface area contributed by atoms with Crippen molar-refractivity contribution in [2.24, 2.45) is 0 Å². The Morgan fingerprint density at radius 1 is 1.11 bits per heavy atom. The minimum Gasteiger partial charge on any atom is -0.348 e. The molecule has 0 aromatic heterocycles. The van der Waals surface area contributed by atoms with E-state index in [0.717, 1.165) is 26.7 Å². The van der Waals surface area contributed by atoms with Crippen LogP contribution in [0.25, 0.3) is 0 Å². The molecule has 0 heterocycles. The van der Waals surface area contributed by atoms with Gasteiger partial charge in [-0.2, -0.15) is 12.7 Å². The van der Waals surface area contributed by atoms with Gasteiger partial charge in [0.05, 0.1) is 11.7 Å². The van der Waals surface area contributed by atoms with Gasteiger partial charge in [0.25, 0.3) is 0 Å². The minimum absolute atomic E-state index is 0.175. The van der Waals surface area contributed by atoms with Gasteiger partial charge in [0.2, 0.25) is 5.91 Å². The smallest absolute Gasteiger partial charge is 0.304 e. The molecule has 2 aromatic carbocycles. The molecule has 2 aromatic rings. The number of para-hydroxylation sites is 1. The predicted molar refractivity (Wildman–Crippen MR) is 109 cm³/mol. The van der Waals surface area contributed by atoms with Gasteiger partial charge in [-0.25, -0.2) is 8.70 Å². The summed E-state index contributed by atoms with van der Waals surface area (Å²) in [5, 5.41) is 2.78. The summed E-state index contributed by atoms with van der Waals surface area (Å²) in [6.07, 6.45) is 0.918. The monoisotopic (exact) mass is 407 g/mol. The summed E-state index contributed by atoms with van der Waals surface area (Å²) in [4.78, 5) is 12.6. The van der Waals surface area contributed by atoms with Crippen LogP contribution in [0.5, 0.6) is 0 Å². The second-order valence-corrected chi connectivity index (χ2v) is 8.70. The Hall–Kier alpha value is -2.45. The number of aryl methyl sites for hydroxylation is 1. The quantitative estimate of drug-likeness (QED) is 0.732. The van der Waals surface area contributed by atoms with Gasteiger partial charge in [-0.1, -0.05) is 43.3 Å². The summed E-state index contributed by atoms with van der Waals surface area (Å²) in [5.74, 6) is -1.25. The Morgan fingerprint density at radius 2 is 1.71 bits per heavy atom. The molecule has 0 saturated heterocycles. The van der Waals surface area contributed by atoms with E-state index in [9.17, 15) is 17.6 Å². The first-order chi connectivity index (χ1) is 13.2. The molecular formula is C20H26FN3O3S. The lowest BCUT2D eigenvalue weighted by Crippen LogP contribution is -2.46. The van der Waals surface area contributed by atoms with E-state index in [-0.39, 0.29) is 11.7 Å². The zero-order valence-corrected chi connectivity index (χ0v) is 17.3. The lowest BCUT2D eigenvalue weighted by Gasteiger charge is -2.27. The molecule has 2 rings (SSSR count). The molecule has 0 radical (unpaired) electrons. The van der Waals surface area contributed by atoms with Crippen LogP contribution in [0.3, 0.4) is 0 Å². The maximum Gasteiger partial charge on any atom is 0.304 e. The van der Waals surface area contributed by atoms with Crippen molar-refractivity contribution in [2.45, 2.75) is 26.3 Å². The van der Waals surface area contributed by atoms with E-state index >= 15 is 0 Å². The van der Waals surface area contributed by atoms with Crippen molar-refractivity contribution in [3.8, 4) is 0 Å². The third-order valence-corrected chi connectivity index (χ3v) is 6.22. The number of nitrogens with zero attached hydrogens (tertiary/aromatic N) is 2. The van der Waals surface area contributed by atoms with Crippen LogP contribution in [0.1, 0.15) is 31.0 Å². The summed E-state index contributed by atoms with van der Waals surface area (Å²) < 4.78 is 41.2. The molecule has 1 amide bonds. The number of hydrogen-bond acceptors (Lipinski definition) is 3. The fraction of sp³-hybridized carbons (Fsp3) is 0.350. The molecule has 0 aliphatic heterocycles. The van der Waals surface area contributed by atoms with Crippen LogP contribution >= 0.6 is 0 Å². The molecule has 152 valence electrons. The Kier molecular flexibility index (Phi) is 7.15. The number of halogens is 1. The highest BCUT2D eigenvalue weighted by molar-refractivity contribution is 7.90. The van der Waals surface area contributed by atoms with Gasteiger partial charge >= 0.3 is 10.2 Å². The summed E-state index contributed by atoms with van der Waals surface area (Å²) in [6, 6.07) is 13.0. The fourth-order valence-corrected chi connectivity index (χ4v) is 3.76. The van der Waals surface area contributed by atoms with Crippen molar-refractivity contribution in [1.82, 2.24) is 9.62 Å². The normalized spacial score (nSPS) is 12.6. The van der Waals surface area contributed by atoms with Crippen molar-refractivity contribution in [3.05, 3.63) is 65.5 Å². The van der Waals surface area contributed by atoms with Gasteiger partial charge in [0.15, 0.2) is 0 Å². The second-order valence-electron chi connectivity index (χ2n) is 6.63. The highest BCUT2D eigenvalue weighted by atomic mass is 32.2. The molecule has 0 aliphatic rings. The number of benzene rings is 2. The topological polar surface area (TPSA) is 69.7 Å². The van der Waals surface area contributed by atoms with Crippen LogP contribution < -0.4 is 9.62 Å². The van der Waals surface area contributed by atoms with Crippen LogP contribution in [0, 0.1) is 5.82 Å². The number of carbonyl (C=O) groups excluding carboxylic acids is 1. The first-order valence-electron chi connectivity index (χ1n) is 8.99. The maximum atomic E-state index is 14.2. The van der Waals surface area contributed by atoms with Crippen molar-refractivity contribution >= 4 is 21.8 Å². The molecular weight excluding hydrogens is 381 g/mol. The summed E-state index contributed by atoms with van der Waals surface area (Å²) in [7, 11) is -1.39. The van der Waals surface area contributed by atoms with E-state index in [0.29, 0.717) is 0 Å². The van der Waals surface area contributed by atoms with Crippen LogP contribution in [0.2, 0.25) is 0 Å².